The molecule has 0 radical (unpaired) electrons. The fraction of sp³-hybridized carbons (Fsp3) is 0.667. The van der Waals surface area contributed by atoms with Crippen LogP contribution in [-0.2, 0) is 19.1 Å². The van der Waals surface area contributed by atoms with Crippen LogP contribution in [0.3, 0.4) is 0 Å². The lowest BCUT2D eigenvalue weighted by atomic mass is 9.79. The number of hydrogen-bond acceptors (Lipinski definition) is 4. The first-order valence-electron chi connectivity index (χ1n) is 7.01. The molecule has 0 aliphatic heterocycles. The minimum atomic E-state index is -0.967. The van der Waals surface area contributed by atoms with Gasteiger partial charge >= 0.3 is 11.9 Å². The van der Waals surface area contributed by atoms with E-state index in [1.54, 1.807) is 13.8 Å². The lowest BCUT2D eigenvalue weighted by Crippen LogP contribution is -2.37. The predicted octanol–water partition coefficient (Wildman–Crippen LogP) is 2.34. The smallest absolute Gasteiger partial charge is 0.310 e. The van der Waals surface area contributed by atoms with Crippen molar-refractivity contribution in [3.8, 4) is 0 Å². The Kier molecular flexibility index (Phi) is 5.92. The highest BCUT2D eigenvalue weighted by Gasteiger charge is 2.38. The highest BCUT2D eigenvalue weighted by molar-refractivity contribution is 5.98. The van der Waals surface area contributed by atoms with E-state index in [1.165, 1.54) is 0 Å². The minimum absolute atomic E-state index is 0.302. The average Bonchev–Trinajstić information content (AvgIpc) is 2.43. The summed E-state index contributed by atoms with van der Waals surface area (Å²) in [7, 11) is 0. The SMILES string of the molecule is C=C(C)C(=O)C(CC)OC(=O)C1CCCCC1C(=O)O. The molecule has 1 aliphatic rings. The van der Waals surface area contributed by atoms with Crippen LogP contribution in [0.5, 0.6) is 0 Å². The van der Waals surface area contributed by atoms with E-state index in [4.69, 9.17) is 9.84 Å². The van der Waals surface area contributed by atoms with Gasteiger partial charge < -0.3 is 9.84 Å². The van der Waals surface area contributed by atoms with Gasteiger partial charge in [0, 0.05) is 0 Å². The molecule has 5 heteroatoms. The van der Waals surface area contributed by atoms with Crippen molar-refractivity contribution in [1.29, 1.82) is 0 Å². The maximum absolute atomic E-state index is 12.1. The summed E-state index contributed by atoms with van der Waals surface area (Å²) < 4.78 is 5.23. The van der Waals surface area contributed by atoms with E-state index in [0.29, 0.717) is 24.8 Å². The number of carbonyl (C=O) groups is 3. The third-order valence-electron chi connectivity index (χ3n) is 3.73. The molecule has 0 aromatic heterocycles. The second kappa shape index (κ2) is 7.22. The van der Waals surface area contributed by atoms with Crippen LogP contribution < -0.4 is 0 Å². The number of carboxylic acids is 1. The number of ether oxygens (including phenoxy) is 1. The van der Waals surface area contributed by atoms with Crippen molar-refractivity contribution in [1.82, 2.24) is 0 Å². The molecule has 0 amide bonds. The first-order chi connectivity index (χ1) is 9.38. The molecule has 0 heterocycles. The van der Waals surface area contributed by atoms with Crippen molar-refractivity contribution in [2.45, 2.75) is 52.1 Å². The van der Waals surface area contributed by atoms with Crippen molar-refractivity contribution in [3.63, 3.8) is 0 Å². The van der Waals surface area contributed by atoms with Crippen LogP contribution >= 0.6 is 0 Å². The lowest BCUT2D eigenvalue weighted by molar-refractivity contribution is -0.165. The van der Waals surface area contributed by atoms with Crippen LogP contribution in [0.4, 0.5) is 0 Å². The number of rotatable bonds is 6. The monoisotopic (exact) mass is 282 g/mol. The number of esters is 1. The van der Waals surface area contributed by atoms with E-state index in [0.717, 1.165) is 12.8 Å². The fourth-order valence-corrected chi connectivity index (χ4v) is 2.53. The predicted molar refractivity (Wildman–Crippen MR) is 73.1 cm³/mol. The number of Topliss-reactive ketones (excluding diaryl/α,β-unsaturated/α-hetero) is 1. The van der Waals surface area contributed by atoms with E-state index < -0.39 is 29.9 Å². The van der Waals surface area contributed by atoms with Gasteiger partial charge in [0.15, 0.2) is 11.9 Å². The molecule has 1 fully saturated rings. The molecule has 1 aliphatic carbocycles. The Morgan fingerprint density at radius 3 is 2.25 bits per heavy atom. The molecule has 0 spiro atoms. The number of carboxylic acid groups (broad SMARTS) is 1. The summed E-state index contributed by atoms with van der Waals surface area (Å²) in [6.07, 6.45) is 2.13. The first-order valence-corrected chi connectivity index (χ1v) is 7.01. The number of carbonyl (C=O) groups excluding carboxylic acids is 2. The topological polar surface area (TPSA) is 80.7 Å². The molecule has 0 saturated heterocycles. The van der Waals surface area contributed by atoms with Crippen molar-refractivity contribution >= 4 is 17.7 Å². The average molecular weight is 282 g/mol. The van der Waals surface area contributed by atoms with Crippen molar-refractivity contribution < 1.29 is 24.2 Å². The fourth-order valence-electron chi connectivity index (χ4n) is 2.53. The van der Waals surface area contributed by atoms with Crippen molar-refractivity contribution in [2.75, 3.05) is 0 Å². The molecule has 0 aromatic rings. The molecular weight excluding hydrogens is 260 g/mol. The summed E-state index contributed by atoms with van der Waals surface area (Å²) in [5.74, 6) is -3.19. The first kappa shape index (κ1) is 16.4. The summed E-state index contributed by atoms with van der Waals surface area (Å²) in [6, 6.07) is 0. The van der Waals surface area contributed by atoms with Crippen molar-refractivity contribution in [2.24, 2.45) is 11.8 Å². The van der Waals surface area contributed by atoms with Gasteiger partial charge in [-0.3, -0.25) is 14.4 Å². The summed E-state index contributed by atoms with van der Waals surface area (Å²) in [6.45, 7) is 6.87. The number of hydrogen-bond donors (Lipinski definition) is 1. The highest BCUT2D eigenvalue weighted by Crippen LogP contribution is 2.31. The largest absolute Gasteiger partial charge is 0.481 e. The Morgan fingerprint density at radius 1 is 1.25 bits per heavy atom. The zero-order chi connectivity index (χ0) is 15.3. The van der Waals surface area contributed by atoms with Gasteiger partial charge in [-0.2, -0.15) is 0 Å². The Bertz CT molecular complexity index is 412. The Balaban J connectivity index is 2.74. The third-order valence-corrected chi connectivity index (χ3v) is 3.73. The van der Waals surface area contributed by atoms with Gasteiger partial charge in [-0.1, -0.05) is 26.3 Å². The third kappa shape index (κ3) is 3.92. The summed E-state index contributed by atoms with van der Waals surface area (Å²) in [5.41, 5.74) is 0.336. The molecule has 3 unspecified atom stereocenters. The summed E-state index contributed by atoms with van der Waals surface area (Å²) in [5, 5.41) is 9.16. The van der Waals surface area contributed by atoms with E-state index in [9.17, 15) is 14.4 Å². The van der Waals surface area contributed by atoms with Crippen LogP contribution in [0.25, 0.3) is 0 Å². The second-order valence-electron chi connectivity index (χ2n) is 5.31. The van der Waals surface area contributed by atoms with Crippen LogP contribution in [0.2, 0.25) is 0 Å². The Labute approximate surface area is 119 Å². The van der Waals surface area contributed by atoms with Gasteiger partial charge in [0.25, 0.3) is 0 Å². The highest BCUT2D eigenvalue weighted by atomic mass is 16.5. The van der Waals surface area contributed by atoms with E-state index in [2.05, 4.69) is 6.58 Å². The van der Waals surface area contributed by atoms with Gasteiger partial charge in [0.05, 0.1) is 11.8 Å². The molecule has 20 heavy (non-hydrogen) atoms. The van der Waals surface area contributed by atoms with Gasteiger partial charge in [-0.05, 0) is 31.8 Å². The van der Waals surface area contributed by atoms with E-state index in [-0.39, 0.29) is 5.78 Å². The van der Waals surface area contributed by atoms with Gasteiger partial charge in [-0.25, -0.2) is 0 Å². The normalized spacial score (nSPS) is 23.7. The van der Waals surface area contributed by atoms with E-state index in [1.807, 2.05) is 0 Å². The molecule has 3 atom stereocenters. The molecule has 1 saturated carbocycles. The maximum atomic E-state index is 12.1. The maximum Gasteiger partial charge on any atom is 0.310 e. The second-order valence-corrected chi connectivity index (χ2v) is 5.31. The minimum Gasteiger partial charge on any atom is -0.481 e. The molecule has 0 bridgehead atoms. The quantitative estimate of drug-likeness (QED) is 0.597. The van der Waals surface area contributed by atoms with E-state index >= 15 is 0 Å². The zero-order valence-corrected chi connectivity index (χ0v) is 12.1. The molecule has 1 rings (SSSR count). The van der Waals surface area contributed by atoms with Gasteiger partial charge in [0.2, 0.25) is 0 Å². The van der Waals surface area contributed by atoms with Crippen LogP contribution in [0.1, 0.15) is 46.0 Å². The lowest BCUT2D eigenvalue weighted by Gasteiger charge is -2.28. The Hall–Kier alpha value is -1.65. The zero-order valence-electron chi connectivity index (χ0n) is 12.1. The number of aliphatic carboxylic acids is 1. The molecule has 1 N–H and O–H groups in total. The van der Waals surface area contributed by atoms with Crippen LogP contribution in [0, 0.1) is 11.8 Å². The summed E-state index contributed by atoms with van der Waals surface area (Å²) >= 11 is 0. The molecule has 112 valence electrons. The number of ketones is 1. The standard InChI is InChI=1S/C15H22O5/c1-4-12(13(16)9(2)3)20-15(19)11-8-6-5-7-10(11)14(17)18/h10-12H,2,4-8H2,1,3H3,(H,17,18). The molecule has 0 aromatic carbocycles. The Morgan fingerprint density at radius 2 is 1.80 bits per heavy atom. The van der Waals surface area contributed by atoms with Gasteiger partial charge in [0.1, 0.15) is 0 Å². The molecule has 5 nitrogen and oxygen atoms in total. The van der Waals surface area contributed by atoms with Crippen LogP contribution in [0.15, 0.2) is 12.2 Å². The van der Waals surface area contributed by atoms with Gasteiger partial charge in [-0.15, -0.1) is 0 Å². The van der Waals surface area contributed by atoms with Crippen molar-refractivity contribution in [3.05, 3.63) is 12.2 Å². The van der Waals surface area contributed by atoms with Crippen LogP contribution in [-0.4, -0.2) is 28.9 Å². The summed E-state index contributed by atoms with van der Waals surface area (Å²) in [4.78, 5) is 35.1. The molecular formula is C15H22O5.